The van der Waals surface area contributed by atoms with Crippen LogP contribution in [0.1, 0.15) is 10.5 Å². The highest BCUT2D eigenvalue weighted by Gasteiger charge is 2.09. The molecule has 0 aliphatic heterocycles. The van der Waals surface area contributed by atoms with Crippen LogP contribution < -0.4 is 0 Å². The van der Waals surface area contributed by atoms with Gasteiger partial charge in [0.1, 0.15) is 0 Å². The first-order chi connectivity index (χ1) is 9.25. The molecule has 0 aliphatic carbocycles. The molecule has 0 saturated heterocycles. The van der Waals surface area contributed by atoms with Crippen molar-refractivity contribution in [1.82, 2.24) is 9.97 Å². The number of rotatable bonds is 2. The highest BCUT2D eigenvalue weighted by molar-refractivity contribution is 5.95. The van der Waals surface area contributed by atoms with Gasteiger partial charge in [0, 0.05) is 11.8 Å². The molecule has 0 fully saturated rings. The fourth-order valence-corrected chi connectivity index (χ4v) is 2.03. The molecule has 0 unspecified atom stereocenters. The van der Waals surface area contributed by atoms with E-state index < -0.39 is 5.97 Å². The lowest BCUT2D eigenvalue weighted by Crippen LogP contribution is -2.02. The van der Waals surface area contributed by atoms with Gasteiger partial charge in [-0.05, 0) is 16.8 Å². The van der Waals surface area contributed by atoms with Gasteiger partial charge in [0.15, 0.2) is 11.5 Å². The molecule has 0 amide bonds. The number of hydrogen-bond donors (Lipinski definition) is 1. The van der Waals surface area contributed by atoms with Crippen molar-refractivity contribution in [2.24, 2.45) is 0 Å². The summed E-state index contributed by atoms with van der Waals surface area (Å²) in [6.45, 7) is 0. The van der Waals surface area contributed by atoms with Gasteiger partial charge in [0.05, 0.1) is 0 Å². The van der Waals surface area contributed by atoms with Crippen LogP contribution in [0.5, 0.6) is 0 Å². The Labute approximate surface area is 109 Å². The van der Waals surface area contributed by atoms with Crippen molar-refractivity contribution in [3.8, 4) is 11.4 Å². The van der Waals surface area contributed by atoms with Crippen molar-refractivity contribution >= 4 is 16.7 Å². The molecule has 1 N–H and O–H groups in total. The summed E-state index contributed by atoms with van der Waals surface area (Å²) in [6, 6.07) is 15.1. The first-order valence-corrected chi connectivity index (χ1v) is 5.80. The van der Waals surface area contributed by atoms with Crippen molar-refractivity contribution in [3.63, 3.8) is 0 Å². The topological polar surface area (TPSA) is 63.1 Å². The van der Waals surface area contributed by atoms with Gasteiger partial charge in [-0.15, -0.1) is 0 Å². The Morgan fingerprint density at radius 1 is 1.00 bits per heavy atom. The summed E-state index contributed by atoms with van der Waals surface area (Å²) in [5, 5.41) is 11.1. The van der Waals surface area contributed by atoms with E-state index in [1.54, 1.807) is 0 Å². The van der Waals surface area contributed by atoms with Gasteiger partial charge in [-0.1, -0.05) is 42.5 Å². The van der Waals surface area contributed by atoms with Crippen molar-refractivity contribution in [1.29, 1.82) is 0 Å². The maximum absolute atomic E-state index is 11.0. The molecule has 0 saturated carbocycles. The molecule has 0 aliphatic rings. The van der Waals surface area contributed by atoms with Crippen molar-refractivity contribution < 1.29 is 9.90 Å². The number of hydrogen-bond acceptors (Lipinski definition) is 3. The molecule has 0 spiro atoms. The van der Waals surface area contributed by atoms with E-state index in [2.05, 4.69) is 9.97 Å². The van der Waals surface area contributed by atoms with Crippen molar-refractivity contribution in [2.75, 3.05) is 0 Å². The van der Waals surface area contributed by atoms with E-state index in [1.807, 2.05) is 42.5 Å². The lowest BCUT2D eigenvalue weighted by atomic mass is 10.0. The first-order valence-electron chi connectivity index (χ1n) is 5.80. The molecule has 1 heterocycles. The van der Waals surface area contributed by atoms with Crippen LogP contribution >= 0.6 is 0 Å². The van der Waals surface area contributed by atoms with Crippen LogP contribution in [0.25, 0.3) is 22.2 Å². The minimum absolute atomic E-state index is 0.00191. The lowest BCUT2D eigenvalue weighted by Gasteiger charge is -2.05. The molecule has 0 radical (unpaired) electrons. The van der Waals surface area contributed by atoms with Gasteiger partial charge in [-0.2, -0.15) is 0 Å². The van der Waals surface area contributed by atoms with Crippen LogP contribution in [0, 0.1) is 0 Å². The standard InChI is InChI=1S/C15H10N2O2/c18-15(19)13-8-9-16-14(17-13)12-7-3-5-10-4-1-2-6-11(10)12/h1-9H,(H,18,19). The highest BCUT2D eigenvalue weighted by Crippen LogP contribution is 2.25. The summed E-state index contributed by atoms with van der Waals surface area (Å²) in [5.74, 6) is -0.624. The maximum atomic E-state index is 11.0. The number of carboxylic acid groups (broad SMARTS) is 1. The smallest absolute Gasteiger partial charge is 0.354 e. The SMILES string of the molecule is O=C(O)c1ccnc(-c2cccc3ccccc23)n1. The second-order valence-corrected chi connectivity index (χ2v) is 4.10. The van der Waals surface area contributed by atoms with E-state index in [0.717, 1.165) is 16.3 Å². The zero-order chi connectivity index (χ0) is 13.2. The summed E-state index contributed by atoms with van der Waals surface area (Å²) in [5.41, 5.74) is 0.833. The largest absolute Gasteiger partial charge is 0.477 e. The number of carbonyl (C=O) groups is 1. The van der Waals surface area contributed by atoms with Gasteiger partial charge in [0.25, 0.3) is 0 Å². The summed E-state index contributed by atoms with van der Waals surface area (Å²) < 4.78 is 0. The Morgan fingerprint density at radius 2 is 1.79 bits per heavy atom. The van der Waals surface area contributed by atoms with Gasteiger partial charge in [-0.3, -0.25) is 0 Å². The normalized spacial score (nSPS) is 10.5. The Hall–Kier alpha value is -2.75. The molecule has 19 heavy (non-hydrogen) atoms. The first kappa shape index (κ1) is 11.3. The van der Waals surface area contributed by atoms with Gasteiger partial charge >= 0.3 is 5.97 Å². The van der Waals surface area contributed by atoms with Crippen LogP contribution in [0.3, 0.4) is 0 Å². The molecular weight excluding hydrogens is 240 g/mol. The molecule has 0 bridgehead atoms. The van der Waals surface area contributed by atoms with Crippen molar-refractivity contribution in [2.45, 2.75) is 0 Å². The second-order valence-electron chi connectivity index (χ2n) is 4.10. The fourth-order valence-electron chi connectivity index (χ4n) is 2.03. The Morgan fingerprint density at radius 3 is 2.63 bits per heavy atom. The van der Waals surface area contributed by atoms with E-state index in [0.29, 0.717) is 5.82 Å². The maximum Gasteiger partial charge on any atom is 0.354 e. The van der Waals surface area contributed by atoms with Gasteiger partial charge < -0.3 is 5.11 Å². The molecule has 4 nitrogen and oxygen atoms in total. The Bertz CT molecular complexity index is 763. The van der Waals surface area contributed by atoms with E-state index >= 15 is 0 Å². The molecule has 92 valence electrons. The fraction of sp³-hybridized carbons (Fsp3) is 0. The molecule has 1 aromatic heterocycles. The highest BCUT2D eigenvalue weighted by atomic mass is 16.4. The average molecular weight is 250 g/mol. The third-order valence-corrected chi connectivity index (χ3v) is 2.91. The predicted molar refractivity (Wildman–Crippen MR) is 71.9 cm³/mol. The number of nitrogens with zero attached hydrogens (tertiary/aromatic N) is 2. The van der Waals surface area contributed by atoms with Crippen LogP contribution in [-0.4, -0.2) is 21.0 Å². The molecule has 4 heteroatoms. The van der Waals surface area contributed by atoms with Crippen LogP contribution in [0.15, 0.2) is 54.7 Å². The number of aromatic nitrogens is 2. The van der Waals surface area contributed by atoms with Gasteiger partial charge in [-0.25, -0.2) is 14.8 Å². The van der Waals surface area contributed by atoms with Crippen molar-refractivity contribution in [3.05, 3.63) is 60.4 Å². The minimum atomic E-state index is -1.05. The molecule has 2 aromatic carbocycles. The monoisotopic (exact) mass is 250 g/mol. The van der Waals surface area contributed by atoms with Crippen LogP contribution in [-0.2, 0) is 0 Å². The molecule has 0 atom stereocenters. The molecule has 3 aromatic rings. The third kappa shape index (κ3) is 2.04. The molecule has 3 rings (SSSR count). The summed E-state index contributed by atoms with van der Waals surface area (Å²) >= 11 is 0. The average Bonchev–Trinajstić information content (AvgIpc) is 2.47. The van der Waals surface area contributed by atoms with Crippen LogP contribution in [0.4, 0.5) is 0 Å². The quantitative estimate of drug-likeness (QED) is 0.759. The zero-order valence-electron chi connectivity index (χ0n) is 9.95. The van der Waals surface area contributed by atoms with Gasteiger partial charge in [0.2, 0.25) is 0 Å². The Kier molecular flexibility index (Phi) is 2.68. The predicted octanol–water partition coefficient (Wildman–Crippen LogP) is 3.00. The number of aromatic carboxylic acids is 1. The Balaban J connectivity index is 2.24. The molecular formula is C15H10N2O2. The summed E-state index contributed by atoms with van der Waals surface area (Å²) in [6.07, 6.45) is 1.47. The van der Waals surface area contributed by atoms with E-state index in [4.69, 9.17) is 5.11 Å². The lowest BCUT2D eigenvalue weighted by molar-refractivity contribution is 0.0690. The number of fused-ring (bicyclic) bond motifs is 1. The summed E-state index contributed by atoms with van der Waals surface area (Å²) in [4.78, 5) is 19.2. The second kappa shape index (κ2) is 4.49. The van der Waals surface area contributed by atoms with E-state index in [-0.39, 0.29) is 5.69 Å². The third-order valence-electron chi connectivity index (χ3n) is 2.91. The van der Waals surface area contributed by atoms with Crippen LogP contribution in [0.2, 0.25) is 0 Å². The number of carboxylic acids is 1. The zero-order valence-corrected chi connectivity index (χ0v) is 9.95. The summed E-state index contributed by atoms with van der Waals surface area (Å²) in [7, 11) is 0. The van der Waals surface area contributed by atoms with E-state index in [1.165, 1.54) is 12.3 Å². The van der Waals surface area contributed by atoms with E-state index in [9.17, 15) is 4.79 Å². The number of benzene rings is 2. The minimum Gasteiger partial charge on any atom is -0.477 e.